The molecule has 0 radical (unpaired) electrons. The van der Waals surface area contributed by atoms with E-state index in [2.05, 4.69) is 14.8 Å². The van der Waals surface area contributed by atoms with E-state index in [0.717, 1.165) is 0 Å². The van der Waals surface area contributed by atoms with E-state index in [0.29, 0.717) is 39.7 Å². The molecule has 3 aromatic carbocycles. The smallest absolute Gasteiger partial charge is 0.497 e. The molecule has 8 nitrogen and oxygen atoms in total. The number of anilines is 2. The Morgan fingerprint density at radius 1 is 1.05 bits per heavy atom. The first kappa shape index (κ1) is 30.3. The van der Waals surface area contributed by atoms with Gasteiger partial charge in [0.1, 0.15) is 29.9 Å². The highest BCUT2D eigenvalue weighted by Crippen LogP contribution is 2.48. The van der Waals surface area contributed by atoms with Gasteiger partial charge in [-0.1, -0.05) is 29.8 Å². The van der Waals surface area contributed by atoms with Gasteiger partial charge in [-0.15, -0.1) is 13.2 Å². The lowest BCUT2D eigenvalue weighted by molar-refractivity contribution is -0.274. The summed E-state index contributed by atoms with van der Waals surface area (Å²) in [6, 6.07) is 14.1. The molecule has 1 saturated carbocycles. The van der Waals surface area contributed by atoms with E-state index in [9.17, 15) is 27.2 Å². The number of carbonyl (C=O) groups is 2. The summed E-state index contributed by atoms with van der Waals surface area (Å²) < 4.78 is 73.3. The molecule has 13 heteroatoms. The van der Waals surface area contributed by atoms with Crippen molar-refractivity contribution in [2.24, 2.45) is 5.92 Å². The maximum atomic E-state index is 14.9. The molecule has 5 rings (SSSR count). The van der Waals surface area contributed by atoms with Gasteiger partial charge in [-0.25, -0.2) is 4.39 Å². The summed E-state index contributed by atoms with van der Waals surface area (Å²) in [7, 11) is 2.62. The summed E-state index contributed by atoms with van der Waals surface area (Å²) in [5.74, 6) is -1.88. The average Bonchev–Trinajstić information content (AvgIpc) is 3.47. The quantitative estimate of drug-likeness (QED) is 0.211. The fourth-order valence-corrected chi connectivity index (χ4v) is 5.11. The van der Waals surface area contributed by atoms with Crippen LogP contribution < -0.4 is 24.4 Å². The minimum Gasteiger partial charge on any atom is -0.497 e. The number of nitrogens with one attached hydrogen (secondary N) is 1. The second-order valence-corrected chi connectivity index (χ2v) is 10.6. The van der Waals surface area contributed by atoms with Gasteiger partial charge in [0.25, 0.3) is 5.91 Å². The lowest BCUT2D eigenvalue weighted by Gasteiger charge is -2.27. The van der Waals surface area contributed by atoms with Gasteiger partial charge in [0.05, 0.1) is 25.8 Å². The van der Waals surface area contributed by atoms with Crippen LogP contribution in [-0.4, -0.2) is 51.3 Å². The summed E-state index contributed by atoms with van der Waals surface area (Å²) in [4.78, 5) is 27.2. The molecule has 0 saturated heterocycles. The topological polar surface area (TPSA) is 86.3 Å². The first-order valence-corrected chi connectivity index (χ1v) is 13.6. The van der Waals surface area contributed by atoms with E-state index < -0.39 is 48.2 Å². The predicted octanol–water partition coefficient (Wildman–Crippen LogP) is 6.27. The van der Waals surface area contributed by atoms with Crippen molar-refractivity contribution < 1.29 is 46.1 Å². The third-order valence-corrected chi connectivity index (χ3v) is 7.55. The highest BCUT2D eigenvalue weighted by molar-refractivity contribution is 6.30. The molecule has 1 amide bonds. The average molecular weight is 623 g/mol. The third kappa shape index (κ3) is 6.90. The van der Waals surface area contributed by atoms with E-state index in [4.69, 9.17) is 21.1 Å². The van der Waals surface area contributed by atoms with Gasteiger partial charge in [0, 0.05) is 47.9 Å². The van der Waals surface area contributed by atoms with Crippen LogP contribution in [0.5, 0.6) is 17.2 Å². The second-order valence-electron chi connectivity index (χ2n) is 10.2. The first-order chi connectivity index (χ1) is 20.4. The van der Waals surface area contributed by atoms with E-state index in [-0.39, 0.29) is 18.7 Å². The number of hydrogen-bond acceptors (Lipinski definition) is 7. The molecule has 43 heavy (non-hydrogen) atoms. The number of esters is 1. The van der Waals surface area contributed by atoms with Crippen molar-refractivity contribution in [3.8, 4) is 17.2 Å². The van der Waals surface area contributed by atoms with Gasteiger partial charge in [0.2, 0.25) is 0 Å². The number of benzene rings is 3. The maximum absolute atomic E-state index is 14.9. The Hall–Kier alpha value is -4.19. The lowest BCUT2D eigenvalue weighted by Crippen LogP contribution is -2.37. The molecule has 0 spiro atoms. The Balaban J connectivity index is 1.42. The number of carbonyl (C=O) groups excluding carboxylic acids is 2. The van der Waals surface area contributed by atoms with Gasteiger partial charge >= 0.3 is 12.3 Å². The van der Waals surface area contributed by atoms with Gasteiger partial charge in [-0.05, 0) is 35.7 Å². The number of ether oxygens (including phenoxy) is 4. The van der Waals surface area contributed by atoms with Crippen LogP contribution in [0.2, 0.25) is 5.02 Å². The predicted molar refractivity (Wildman–Crippen MR) is 149 cm³/mol. The number of rotatable bonds is 10. The zero-order valence-electron chi connectivity index (χ0n) is 23.0. The van der Waals surface area contributed by atoms with Gasteiger partial charge in [-0.3, -0.25) is 9.59 Å². The molecule has 1 fully saturated rings. The third-order valence-electron chi connectivity index (χ3n) is 7.30. The minimum absolute atomic E-state index is 0.0189. The van der Waals surface area contributed by atoms with Crippen LogP contribution in [0.4, 0.5) is 28.9 Å². The van der Waals surface area contributed by atoms with Crippen molar-refractivity contribution >= 4 is 34.9 Å². The van der Waals surface area contributed by atoms with Gasteiger partial charge in [0.15, 0.2) is 5.67 Å². The molecule has 0 aromatic heterocycles. The van der Waals surface area contributed by atoms with Crippen molar-refractivity contribution in [1.82, 2.24) is 0 Å². The van der Waals surface area contributed by atoms with Crippen molar-refractivity contribution in [3.05, 3.63) is 76.8 Å². The largest absolute Gasteiger partial charge is 0.573 e. The fraction of sp³-hybridized carbons (Fsp3) is 0.333. The second kappa shape index (κ2) is 11.8. The fourth-order valence-electron chi connectivity index (χ4n) is 4.99. The zero-order chi connectivity index (χ0) is 30.9. The standard InChI is InChI=1S/C30H27ClF4N2O6/c1-40-22-11-20(12-23(13-22)42-16-29(32)15-24(29)28(39)41-2)36-26(18-3-6-19(31)7-4-18)27(38)37-10-9-17-5-8-21(14-25(17)37)43-30(33,34)35/h3-8,11-14,24,26,36H,9-10,15-16H2,1-2H3/t24?,26?,29-/m1/s1. The Bertz CT molecular complexity index is 1520. The van der Waals surface area contributed by atoms with Crippen LogP contribution in [0.15, 0.2) is 60.7 Å². The van der Waals surface area contributed by atoms with E-state index in [1.807, 2.05) is 0 Å². The molecule has 2 aliphatic rings. The summed E-state index contributed by atoms with van der Waals surface area (Å²) in [5.41, 5.74) is 0.0471. The molecule has 3 aromatic rings. The lowest BCUT2D eigenvalue weighted by atomic mass is 10.0. The summed E-state index contributed by atoms with van der Waals surface area (Å²) in [5, 5.41) is 3.61. The Morgan fingerprint density at radius 3 is 2.44 bits per heavy atom. The molecule has 2 unspecified atom stereocenters. The van der Waals surface area contributed by atoms with Crippen LogP contribution in [0.1, 0.15) is 23.6 Å². The molecule has 3 atom stereocenters. The van der Waals surface area contributed by atoms with Crippen molar-refractivity contribution in [2.45, 2.75) is 30.9 Å². The molecule has 1 aliphatic carbocycles. The Labute approximate surface area is 249 Å². The van der Waals surface area contributed by atoms with Crippen molar-refractivity contribution in [3.63, 3.8) is 0 Å². The molecule has 228 valence electrons. The number of fused-ring (bicyclic) bond motifs is 1. The van der Waals surface area contributed by atoms with Crippen molar-refractivity contribution in [1.29, 1.82) is 0 Å². The molecular formula is C30H27ClF4N2O6. The summed E-state index contributed by atoms with van der Waals surface area (Å²) in [6.45, 7) is -0.159. The van der Waals surface area contributed by atoms with Crippen LogP contribution >= 0.6 is 11.6 Å². The van der Waals surface area contributed by atoms with E-state index >= 15 is 0 Å². The van der Waals surface area contributed by atoms with Crippen molar-refractivity contribution in [2.75, 3.05) is 37.6 Å². The zero-order valence-corrected chi connectivity index (χ0v) is 23.8. The molecule has 1 aliphatic heterocycles. The first-order valence-electron chi connectivity index (χ1n) is 13.2. The molecular weight excluding hydrogens is 596 g/mol. The SMILES string of the molecule is COC(=O)C1C[C@@]1(F)COc1cc(NC(C(=O)N2CCc3ccc(OC(F)(F)F)cc32)c2ccc(Cl)cc2)cc(OC)c1. The molecule has 1 heterocycles. The monoisotopic (exact) mass is 622 g/mol. The summed E-state index contributed by atoms with van der Waals surface area (Å²) >= 11 is 6.08. The number of hydrogen-bond donors (Lipinski definition) is 1. The Morgan fingerprint density at radius 2 is 1.77 bits per heavy atom. The van der Waals surface area contributed by atoms with E-state index in [1.165, 1.54) is 43.4 Å². The van der Waals surface area contributed by atoms with Gasteiger partial charge in [-0.2, -0.15) is 0 Å². The van der Waals surface area contributed by atoms with Crippen LogP contribution in [-0.2, 0) is 20.7 Å². The maximum Gasteiger partial charge on any atom is 0.573 e. The normalized spacial score (nSPS) is 19.7. The molecule has 0 bridgehead atoms. The van der Waals surface area contributed by atoms with Crippen LogP contribution in [0, 0.1) is 5.92 Å². The highest BCUT2D eigenvalue weighted by atomic mass is 35.5. The summed E-state index contributed by atoms with van der Waals surface area (Å²) in [6.07, 6.45) is -4.47. The molecule has 1 N–H and O–H groups in total. The number of methoxy groups -OCH3 is 2. The van der Waals surface area contributed by atoms with E-state index in [1.54, 1.807) is 36.4 Å². The number of nitrogens with zero attached hydrogens (tertiary/aromatic N) is 1. The van der Waals surface area contributed by atoms with Crippen LogP contribution in [0.3, 0.4) is 0 Å². The minimum atomic E-state index is -4.89. The highest BCUT2D eigenvalue weighted by Gasteiger charge is 2.61. The number of amides is 1. The number of alkyl halides is 4. The number of halogens is 5. The Kier molecular flexibility index (Phi) is 8.33. The van der Waals surface area contributed by atoms with Crippen LogP contribution in [0.25, 0.3) is 0 Å². The van der Waals surface area contributed by atoms with Gasteiger partial charge < -0.3 is 29.2 Å².